The SMILES string of the molecule is Cc1ccc2c(c1)[C@H](Cc1ccccc1)OC2=O. The van der Waals surface area contributed by atoms with Gasteiger partial charge in [0.15, 0.2) is 0 Å². The van der Waals surface area contributed by atoms with E-state index in [-0.39, 0.29) is 12.1 Å². The normalized spacial score (nSPS) is 17.4. The van der Waals surface area contributed by atoms with Crippen molar-refractivity contribution in [3.05, 3.63) is 70.8 Å². The minimum atomic E-state index is -0.203. The Morgan fingerprint density at radius 2 is 1.89 bits per heavy atom. The molecule has 0 N–H and O–H groups in total. The van der Waals surface area contributed by atoms with Crippen LogP contribution in [0.4, 0.5) is 0 Å². The van der Waals surface area contributed by atoms with Gasteiger partial charge in [0, 0.05) is 12.0 Å². The Bertz CT molecular complexity index is 587. The summed E-state index contributed by atoms with van der Waals surface area (Å²) in [4.78, 5) is 11.8. The van der Waals surface area contributed by atoms with Crippen molar-refractivity contribution in [2.75, 3.05) is 0 Å². The summed E-state index contributed by atoms with van der Waals surface area (Å²) >= 11 is 0. The number of fused-ring (bicyclic) bond motifs is 1. The molecule has 1 atom stereocenters. The minimum absolute atomic E-state index is 0.144. The van der Waals surface area contributed by atoms with E-state index < -0.39 is 0 Å². The molecule has 18 heavy (non-hydrogen) atoms. The Balaban J connectivity index is 1.93. The number of esters is 1. The van der Waals surface area contributed by atoms with E-state index in [4.69, 9.17) is 4.74 Å². The number of ether oxygens (including phenoxy) is 1. The van der Waals surface area contributed by atoms with E-state index in [1.807, 2.05) is 43.3 Å². The number of rotatable bonds is 2. The molecule has 0 spiro atoms. The van der Waals surface area contributed by atoms with Crippen LogP contribution in [0.25, 0.3) is 0 Å². The number of carbonyl (C=O) groups excluding carboxylic acids is 1. The van der Waals surface area contributed by atoms with Crippen LogP contribution in [-0.2, 0) is 11.2 Å². The van der Waals surface area contributed by atoms with Crippen molar-refractivity contribution in [3.8, 4) is 0 Å². The van der Waals surface area contributed by atoms with Gasteiger partial charge in [0.1, 0.15) is 6.10 Å². The van der Waals surface area contributed by atoms with E-state index >= 15 is 0 Å². The van der Waals surface area contributed by atoms with Gasteiger partial charge in [-0.25, -0.2) is 4.79 Å². The molecule has 0 aromatic heterocycles. The molecule has 0 saturated carbocycles. The first-order valence-corrected chi connectivity index (χ1v) is 6.09. The fourth-order valence-electron chi connectivity index (χ4n) is 2.37. The fraction of sp³-hybridized carbons (Fsp3) is 0.188. The van der Waals surface area contributed by atoms with E-state index in [0.717, 1.165) is 17.5 Å². The zero-order chi connectivity index (χ0) is 12.5. The summed E-state index contributed by atoms with van der Waals surface area (Å²) in [6.45, 7) is 2.03. The first kappa shape index (κ1) is 11.0. The molecular formula is C16H14O2. The highest BCUT2D eigenvalue weighted by Crippen LogP contribution is 2.33. The molecule has 1 aliphatic heterocycles. The third kappa shape index (κ3) is 1.90. The molecule has 2 nitrogen and oxygen atoms in total. The molecule has 2 aromatic rings. The summed E-state index contributed by atoms with van der Waals surface area (Å²) in [5, 5.41) is 0. The zero-order valence-electron chi connectivity index (χ0n) is 10.2. The number of aryl methyl sites for hydroxylation is 1. The van der Waals surface area contributed by atoms with Gasteiger partial charge in [-0.05, 0) is 18.6 Å². The lowest BCUT2D eigenvalue weighted by Crippen LogP contribution is -2.02. The second kappa shape index (κ2) is 4.30. The quantitative estimate of drug-likeness (QED) is 0.749. The van der Waals surface area contributed by atoms with Gasteiger partial charge in [0.25, 0.3) is 0 Å². The highest BCUT2D eigenvalue weighted by Gasteiger charge is 2.30. The van der Waals surface area contributed by atoms with Gasteiger partial charge >= 0.3 is 5.97 Å². The maximum absolute atomic E-state index is 11.8. The van der Waals surface area contributed by atoms with Gasteiger partial charge < -0.3 is 4.74 Å². The summed E-state index contributed by atoms with van der Waals surface area (Å²) < 4.78 is 5.45. The molecule has 0 amide bonds. The minimum Gasteiger partial charge on any atom is -0.454 e. The molecule has 0 radical (unpaired) electrons. The summed E-state index contributed by atoms with van der Waals surface area (Å²) in [5.74, 6) is -0.203. The molecule has 90 valence electrons. The molecule has 0 bridgehead atoms. The molecule has 2 aromatic carbocycles. The van der Waals surface area contributed by atoms with Crippen molar-refractivity contribution in [2.45, 2.75) is 19.4 Å². The van der Waals surface area contributed by atoms with Crippen molar-refractivity contribution in [1.29, 1.82) is 0 Å². The Morgan fingerprint density at radius 3 is 2.67 bits per heavy atom. The molecule has 0 saturated heterocycles. The second-order valence-electron chi connectivity index (χ2n) is 4.67. The van der Waals surface area contributed by atoms with Crippen LogP contribution >= 0.6 is 0 Å². The van der Waals surface area contributed by atoms with Gasteiger partial charge in [0.2, 0.25) is 0 Å². The van der Waals surface area contributed by atoms with Crippen molar-refractivity contribution < 1.29 is 9.53 Å². The number of carbonyl (C=O) groups is 1. The van der Waals surface area contributed by atoms with Gasteiger partial charge in [-0.15, -0.1) is 0 Å². The van der Waals surface area contributed by atoms with E-state index in [9.17, 15) is 4.79 Å². The average molecular weight is 238 g/mol. The van der Waals surface area contributed by atoms with Crippen LogP contribution < -0.4 is 0 Å². The molecule has 2 heteroatoms. The predicted molar refractivity (Wildman–Crippen MR) is 69.5 cm³/mol. The average Bonchev–Trinajstić information content (AvgIpc) is 2.67. The maximum Gasteiger partial charge on any atom is 0.339 e. The molecular weight excluding hydrogens is 224 g/mol. The van der Waals surface area contributed by atoms with Crippen LogP contribution in [0.5, 0.6) is 0 Å². The Labute approximate surface area is 106 Å². The standard InChI is InChI=1S/C16H14O2/c1-11-7-8-13-14(9-11)15(18-16(13)17)10-12-5-3-2-4-6-12/h2-9,15H,10H2,1H3/t15-/m0/s1. The summed E-state index contributed by atoms with van der Waals surface area (Å²) in [6, 6.07) is 16.0. The van der Waals surface area contributed by atoms with Gasteiger partial charge in [-0.3, -0.25) is 0 Å². The molecule has 0 fully saturated rings. The Hall–Kier alpha value is -2.09. The van der Waals surface area contributed by atoms with E-state index in [1.54, 1.807) is 0 Å². The number of cyclic esters (lactones) is 1. The lowest BCUT2D eigenvalue weighted by atomic mass is 9.98. The third-order valence-corrected chi connectivity index (χ3v) is 3.29. The van der Waals surface area contributed by atoms with Crippen molar-refractivity contribution >= 4 is 5.97 Å². The molecule has 1 heterocycles. The number of hydrogen-bond donors (Lipinski definition) is 0. The first-order chi connectivity index (χ1) is 8.74. The summed E-state index contributed by atoms with van der Waals surface area (Å²) in [6.07, 6.45) is 0.595. The molecule has 1 aliphatic rings. The third-order valence-electron chi connectivity index (χ3n) is 3.29. The van der Waals surface area contributed by atoms with Crippen LogP contribution in [0, 0.1) is 6.92 Å². The topological polar surface area (TPSA) is 26.3 Å². The Kier molecular flexibility index (Phi) is 2.63. The lowest BCUT2D eigenvalue weighted by Gasteiger charge is -2.11. The fourth-order valence-corrected chi connectivity index (χ4v) is 2.37. The van der Waals surface area contributed by atoms with Gasteiger partial charge in [-0.2, -0.15) is 0 Å². The monoisotopic (exact) mass is 238 g/mol. The highest BCUT2D eigenvalue weighted by molar-refractivity contribution is 5.94. The van der Waals surface area contributed by atoms with Gasteiger partial charge in [0.05, 0.1) is 5.56 Å². The predicted octanol–water partition coefficient (Wildman–Crippen LogP) is 3.45. The van der Waals surface area contributed by atoms with E-state index in [2.05, 4.69) is 12.1 Å². The second-order valence-corrected chi connectivity index (χ2v) is 4.67. The van der Waals surface area contributed by atoms with Crippen LogP contribution in [0.1, 0.15) is 33.2 Å². The zero-order valence-corrected chi connectivity index (χ0v) is 10.2. The molecule has 0 aliphatic carbocycles. The molecule has 3 rings (SSSR count). The van der Waals surface area contributed by atoms with Crippen LogP contribution in [-0.4, -0.2) is 5.97 Å². The maximum atomic E-state index is 11.8. The lowest BCUT2D eigenvalue weighted by molar-refractivity contribution is 0.0387. The highest BCUT2D eigenvalue weighted by atomic mass is 16.5. The smallest absolute Gasteiger partial charge is 0.339 e. The summed E-state index contributed by atoms with van der Waals surface area (Å²) in [7, 11) is 0. The first-order valence-electron chi connectivity index (χ1n) is 6.09. The van der Waals surface area contributed by atoms with Crippen molar-refractivity contribution in [3.63, 3.8) is 0 Å². The van der Waals surface area contributed by atoms with E-state index in [1.165, 1.54) is 5.56 Å². The van der Waals surface area contributed by atoms with Gasteiger partial charge in [-0.1, -0.05) is 48.0 Å². The number of hydrogen-bond acceptors (Lipinski definition) is 2. The Morgan fingerprint density at radius 1 is 1.11 bits per heavy atom. The largest absolute Gasteiger partial charge is 0.454 e. The van der Waals surface area contributed by atoms with Crippen LogP contribution in [0.15, 0.2) is 48.5 Å². The van der Waals surface area contributed by atoms with Crippen molar-refractivity contribution in [2.24, 2.45) is 0 Å². The van der Waals surface area contributed by atoms with Crippen LogP contribution in [0.2, 0.25) is 0 Å². The molecule has 0 unspecified atom stereocenters. The van der Waals surface area contributed by atoms with Crippen LogP contribution in [0.3, 0.4) is 0 Å². The van der Waals surface area contributed by atoms with Crippen molar-refractivity contribution in [1.82, 2.24) is 0 Å². The van der Waals surface area contributed by atoms with E-state index in [0.29, 0.717) is 5.56 Å². The number of benzene rings is 2. The summed E-state index contributed by atoms with van der Waals surface area (Å²) in [5.41, 5.74) is 4.07.